The summed E-state index contributed by atoms with van der Waals surface area (Å²) in [5.74, 6) is -0.964. The second-order valence-electron chi connectivity index (χ2n) is 9.53. The molecule has 200 valence electrons. The molecule has 2 aliphatic heterocycles. The first-order valence-electron chi connectivity index (χ1n) is 12.3. The van der Waals surface area contributed by atoms with Gasteiger partial charge in [0.2, 0.25) is 0 Å². The lowest BCUT2D eigenvalue weighted by Gasteiger charge is -2.43. The molecule has 4 heterocycles. The quantitative estimate of drug-likeness (QED) is 0.483. The van der Waals surface area contributed by atoms with E-state index in [1.807, 2.05) is 6.07 Å². The number of halogens is 2. The summed E-state index contributed by atoms with van der Waals surface area (Å²) in [6.07, 6.45) is -0.0699. The number of benzene rings is 1. The Balaban J connectivity index is 1.41. The molecule has 12 heteroatoms. The molecule has 3 aromatic rings. The zero-order chi connectivity index (χ0) is 26.1. The third-order valence-electron chi connectivity index (χ3n) is 7.21. The number of aliphatic hydroxyl groups excluding tert-OH is 2. The first-order chi connectivity index (χ1) is 17.9. The van der Waals surface area contributed by atoms with Crippen molar-refractivity contribution in [3.05, 3.63) is 53.0 Å². The van der Waals surface area contributed by atoms with E-state index >= 15 is 0 Å². The lowest BCUT2D eigenvalue weighted by molar-refractivity contribution is -0.212. The lowest BCUT2D eigenvalue weighted by Crippen LogP contribution is -2.57. The number of aromatic nitrogens is 4. The molecule has 5 rings (SSSR count). The molecule has 37 heavy (non-hydrogen) atoms. The zero-order valence-electron chi connectivity index (χ0n) is 20.6. The maximum absolute atomic E-state index is 14.6. The van der Waals surface area contributed by atoms with Crippen LogP contribution >= 0.6 is 0 Å². The van der Waals surface area contributed by atoms with Crippen LogP contribution in [-0.4, -0.2) is 81.7 Å². The third-order valence-corrected chi connectivity index (χ3v) is 7.21. The Morgan fingerprint density at radius 3 is 2.68 bits per heavy atom. The number of ether oxygens (including phenoxy) is 3. The van der Waals surface area contributed by atoms with Crippen molar-refractivity contribution in [2.24, 2.45) is 0 Å². The van der Waals surface area contributed by atoms with Gasteiger partial charge in [-0.2, -0.15) is 0 Å². The molecule has 5 atom stereocenters. The molecule has 0 saturated carbocycles. The summed E-state index contributed by atoms with van der Waals surface area (Å²) in [5, 5.41) is 33.2. The van der Waals surface area contributed by atoms with Gasteiger partial charge in [0, 0.05) is 44.3 Å². The standard InChI is InChI=1S/C25H30F2N4O6/c1-13-3-4-16(22(27)21(13)26)17-11-31(30-28-17)23-24(33)20(12-32)36-19(25(23)34-2)10-15-9-18(37-29-15)14-5-7-35-8-6-14/h3-4,9,11,14,19-20,23-25,32-33H,5-8,10,12H2,1-2H3/t19-,20-,23+,24+,25+/m1/s1. The number of aryl methyl sites for hydroxylation is 1. The van der Waals surface area contributed by atoms with E-state index in [0.717, 1.165) is 18.6 Å². The monoisotopic (exact) mass is 520 g/mol. The average molecular weight is 521 g/mol. The highest BCUT2D eigenvalue weighted by molar-refractivity contribution is 5.59. The molecular formula is C25H30F2N4O6. The van der Waals surface area contributed by atoms with E-state index in [4.69, 9.17) is 18.7 Å². The molecule has 0 amide bonds. The molecular weight excluding hydrogens is 490 g/mol. The molecule has 10 nitrogen and oxygen atoms in total. The summed E-state index contributed by atoms with van der Waals surface area (Å²) in [6, 6.07) is 3.94. The summed E-state index contributed by atoms with van der Waals surface area (Å²) in [7, 11) is 1.48. The number of hydrogen-bond donors (Lipinski definition) is 2. The fourth-order valence-electron chi connectivity index (χ4n) is 5.12. The van der Waals surface area contributed by atoms with E-state index in [1.54, 1.807) is 0 Å². The minimum atomic E-state index is -1.21. The van der Waals surface area contributed by atoms with Crippen molar-refractivity contribution in [2.45, 2.75) is 62.6 Å². The van der Waals surface area contributed by atoms with E-state index in [9.17, 15) is 19.0 Å². The maximum atomic E-state index is 14.6. The van der Waals surface area contributed by atoms with Crippen molar-refractivity contribution in [3.8, 4) is 11.3 Å². The summed E-state index contributed by atoms with van der Waals surface area (Å²) >= 11 is 0. The van der Waals surface area contributed by atoms with Gasteiger partial charge in [0.15, 0.2) is 11.6 Å². The predicted octanol–water partition coefficient (Wildman–Crippen LogP) is 2.33. The van der Waals surface area contributed by atoms with Crippen molar-refractivity contribution in [2.75, 3.05) is 26.9 Å². The van der Waals surface area contributed by atoms with Crippen LogP contribution in [0.2, 0.25) is 0 Å². The largest absolute Gasteiger partial charge is 0.394 e. The Hall–Kier alpha value is -2.77. The number of aliphatic hydroxyl groups is 2. The van der Waals surface area contributed by atoms with E-state index < -0.39 is 48.7 Å². The predicted molar refractivity (Wildman–Crippen MR) is 125 cm³/mol. The van der Waals surface area contributed by atoms with E-state index in [-0.39, 0.29) is 22.7 Å². The van der Waals surface area contributed by atoms with Crippen LogP contribution in [0, 0.1) is 18.6 Å². The van der Waals surface area contributed by atoms with Crippen LogP contribution in [0.3, 0.4) is 0 Å². The average Bonchev–Trinajstić information content (AvgIpc) is 3.58. The summed E-state index contributed by atoms with van der Waals surface area (Å²) in [6.45, 7) is 2.37. The van der Waals surface area contributed by atoms with Crippen molar-refractivity contribution in [1.82, 2.24) is 20.2 Å². The summed E-state index contributed by atoms with van der Waals surface area (Å²) in [4.78, 5) is 0. The Kier molecular flexibility index (Phi) is 7.63. The van der Waals surface area contributed by atoms with E-state index in [2.05, 4.69) is 15.5 Å². The lowest BCUT2D eigenvalue weighted by atomic mass is 9.90. The molecule has 0 unspecified atom stereocenters. The minimum Gasteiger partial charge on any atom is -0.394 e. The summed E-state index contributed by atoms with van der Waals surface area (Å²) in [5.41, 5.74) is 0.870. The van der Waals surface area contributed by atoms with Gasteiger partial charge >= 0.3 is 0 Å². The van der Waals surface area contributed by atoms with Crippen LogP contribution < -0.4 is 0 Å². The maximum Gasteiger partial charge on any atom is 0.168 e. The van der Waals surface area contributed by atoms with Gasteiger partial charge in [0.1, 0.15) is 35.8 Å². The van der Waals surface area contributed by atoms with Gasteiger partial charge in [0.25, 0.3) is 0 Å². The van der Waals surface area contributed by atoms with Crippen molar-refractivity contribution in [1.29, 1.82) is 0 Å². The highest BCUT2D eigenvalue weighted by Crippen LogP contribution is 2.35. The van der Waals surface area contributed by atoms with Gasteiger partial charge in [-0.25, -0.2) is 13.5 Å². The van der Waals surface area contributed by atoms with Crippen LogP contribution in [-0.2, 0) is 20.6 Å². The first kappa shape index (κ1) is 25.9. The van der Waals surface area contributed by atoms with Crippen LogP contribution in [0.1, 0.15) is 41.8 Å². The van der Waals surface area contributed by atoms with Gasteiger partial charge in [-0.1, -0.05) is 16.4 Å². The van der Waals surface area contributed by atoms with Crippen molar-refractivity contribution >= 4 is 0 Å². The molecule has 0 radical (unpaired) electrons. The molecule has 1 aromatic carbocycles. The number of rotatable bonds is 7. The second-order valence-corrected chi connectivity index (χ2v) is 9.53. The number of nitrogens with zero attached hydrogens (tertiary/aromatic N) is 4. The van der Waals surface area contributed by atoms with Gasteiger partial charge in [-0.3, -0.25) is 0 Å². The van der Waals surface area contributed by atoms with E-state index in [1.165, 1.54) is 37.0 Å². The zero-order valence-corrected chi connectivity index (χ0v) is 20.6. The highest BCUT2D eigenvalue weighted by Gasteiger charge is 2.47. The smallest absolute Gasteiger partial charge is 0.168 e. The topological polar surface area (TPSA) is 125 Å². The van der Waals surface area contributed by atoms with Crippen LogP contribution in [0.15, 0.2) is 28.9 Å². The molecule has 2 aromatic heterocycles. The van der Waals surface area contributed by atoms with Gasteiger partial charge in [-0.15, -0.1) is 5.10 Å². The minimum absolute atomic E-state index is 0.0524. The van der Waals surface area contributed by atoms with Crippen LogP contribution in [0.25, 0.3) is 11.3 Å². The van der Waals surface area contributed by atoms with Crippen molar-refractivity contribution in [3.63, 3.8) is 0 Å². The second kappa shape index (κ2) is 10.9. The molecule has 2 N–H and O–H groups in total. The highest BCUT2D eigenvalue weighted by atomic mass is 19.2. The molecule has 0 aliphatic carbocycles. The van der Waals surface area contributed by atoms with Crippen molar-refractivity contribution < 1.29 is 37.7 Å². The fraction of sp³-hybridized carbons (Fsp3) is 0.560. The van der Waals surface area contributed by atoms with Crippen LogP contribution in [0.4, 0.5) is 8.78 Å². The Labute approximate surface area is 212 Å². The fourth-order valence-corrected chi connectivity index (χ4v) is 5.12. The summed E-state index contributed by atoms with van der Waals surface area (Å²) < 4.78 is 52.8. The first-order valence-corrected chi connectivity index (χ1v) is 12.3. The number of methoxy groups -OCH3 is 1. The SMILES string of the molecule is CO[C@@H]1[C@@H](n2cc(-c3ccc(C)c(F)c3F)nn2)[C@@H](O)[C@@H](CO)O[C@@H]1Cc1cc(C2CCOCC2)on1. The van der Waals surface area contributed by atoms with Gasteiger partial charge in [0.05, 0.1) is 24.6 Å². The number of hydrogen-bond acceptors (Lipinski definition) is 9. The van der Waals surface area contributed by atoms with Crippen LogP contribution in [0.5, 0.6) is 0 Å². The normalized spacial score (nSPS) is 27.0. The Bertz CT molecular complexity index is 1210. The third kappa shape index (κ3) is 5.04. The Morgan fingerprint density at radius 2 is 1.95 bits per heavy atom. The molecule has 0 bridgehead atoms. The van der Waals surface area contributed by atoms with Gasteiger partial charge in [-0.05, 0) is 31.4 Å². The van der Waals surface area contributed by atoms with E-state index in [0.29, 0.717) is 25.3 Å². The molecule has 0 spiro atoms. The van der Waals surface area contributed by atoms with Gasteiger partial charge < -0.3 is 28.9 Å². The molecule has 2 aliphatic rings. The Morgan fingerprint density at radius 1 is 1.16 bits per heavy atom. The molecule has 2 fully saturated rings. The molecule has 2 saturated heterocycles.